The Morgan fingerprint density at radius 3 is 2.58 bits per heavy atom. The third kappa shape index (κ3) is 3.29. The highest BCUT2D eigenvalue weighted by Gasteiger charge is 2.15. The van der Waals surface area contributed by atoms with Crippen LogP contribution in [0.3, 0.4) is 0 Å². The fourth-order valence-corrected chi connectivity index (χ4v) is 2.70. The van der Waals surface area contributed by atoms with Gasteiger partial charge in [0.1, 0.15) is 5.82 Å². The first kappa shape index (κ1) is 14.8. The molecule has 0 aromatic heterocycles. The Hall–Kier alpha value is -0.610. The molecular formula is C14H11BrCl2FN. The van der Waals surface area contributed by atoms with Crippen molar-refractivity contribution in [1.82, 2.24) is 0 Å². The van der Waals surface area contributed by atoms with Crippen LogP contribution in [0.15, 0.2) is 40.9 Å². The van der Waals surface area contributed by atoms with E-state index in [1.807, 2.05) is 18.2 Å². The topological polar surface area (TPSA) is 26.0 Å². The van der Waals surface area contributed by atoms with Gasteiger partial charge in [-0.1, -0.05) is 47.5 Å². The summed E-state index contributed by atoms with van der Waals surface area (Å²) < 4.78 is 14.6. The molecule has 1 unspecified atom stereocenters. The second kappa shape index (κ2) is 6.23. The standard InChI is InChI=1S/C14H11BrCl2FN/c15-10-5-2-4-9(13(10)17)12(19)7-8-3-1-6-11(16)14(8)18/h1-6,12H,7,19H2. The fraction of sp³-hybridized carbons (Fsp3) is 0.143. The first-order valence-corrected chi connectivity index (χ1v) is 7.18. The second-order valence-corrected chi connectivity index (χ2v) is 5.81. The van der Waals surface area contributed by atoms with Gasteiger partial charge in [-0.3, -0.25) is 0 Å². The molecule has 2 aromatic carbocycles. The van der Waals surface area contributed by atoms with Gasteiger partial charge in [-0.2, -0.15) is 0 Å². The molecule has 0 spiro atoms. The summed E-state index contributed by atoms with van der Waals surface area (Å²) >= 11 is 15.3. The summed E-state index contributed by atoms with van der Waals surface area (Å²) in [4.78, 5) is 0. The van der Waals surface area contributed by atoms with Crippen molar-refractivity contribution >= 4 is 39.1 Å². The molecule has 5 heteroatoms. The van der Waals surface area contributed by atoms with E-state index in [4.69, 9.17) is 28.9 Å². The van der Waals surface area contributed by atoms with Gasteiger partial charge in [-0.25, -0.2) is 4.39 Å². The van der Waals surface area contributed by atoms with Gasteiger partial charge in [0, 0.05) is 10.5 Å². The normalized spacial score (nSPS) is 12.5. The van der Waals surface area contributed by atoms with E-state index in [2.05, 4.69) is 15.9 Å². The van der Waals surface area contributed by atoms with E-state index < -0.39 is 11.9 Å². The van der Waals surface area contributed by atoms with Crippen molar-refractivity contribution in [3.8, 4) is 0 Å². The Morgan fingerprint density at radius 2 is 1.84 bits per heavy atom. The zero-order chi connectivity index (χ0) is 14.0. The molecule has 0 heterocycles. The van der Waals surface area contributed by atoms with Crippen molar-refractivity contribution in [2.45, 2.75) is 12.5 Å². The zero-order valence-corrected chi connectivity index (χ0v) is 12.9. The average Bonchev–Trinajstić information content (AvgIpc) is 2.38. The van der Waals surface area contributed by atoms with E-state index in [1.54, 1.807) is 12.1 Å². The minimum absolute atomic E-state index is 0.102. The number of hydrogen-bond donors (Lipinski definition) is 1. The minimum atomic E-state index is -0.425. The molecule has 2 N–H and O–H groups in total. The van der Waals surface area contributed by atoms with E-state index in [0.29, 0.717) is 17.0 Å². The molecule has 100 valence electrons. The van der Waals surface area contributed by atoms with E-state index in [9.17, 15) is 4.39 Å². The molecule has 2 aromatic rings. The molecule has 0 fully saturated rings. The molecular weight excluding hydrogens is 352 g/mol. The molecule has 19 heavy (non-hydrogen) atoms. The van der Waals surface area contributed by atoms with Gasteiger partial charge in [0.25, 0.3) is 0 Å². The monoisotopic (exact) mass is 361 g/mol. The van der Waals surface area contributed by atoms with Crippen molar-refractivity contribution in [3.63, 3.8) is 0 Å². The molecule has 1 nitrogen and oxygen atoms in total. The predicted octanol–water partition coefficient (Wildman–Crippen LogP) is 5.14. The van der Waals surface area contributed by atoms with Gasteiger partial charge in [-0.15, -0.1) is 0 Å². The van der Waals surface area contributed by atoms with Gasteiger partial charge < -0.3 is 5.73 Å². The van der Waals surface area contributed by atoms with Crippen molar-refractivity contribution in [1.29, 1.82) is 0 Å². The third-order valence-electron chi connectivity index (χ3n) is 2.85. The molecule has 1 atom stereocenters. The van der Waals surface area contributed by atoms with Gasteiger partial charge in [0.15, 0.2) is 0 Å². The summed E-state index contributed by atoms with van der Waals surface area (Å²) in [6.07, 6.45) is 0.336. The van der Waals surface area contributed by atoms with E-state index in [1.165, 1.54) is 6.07 Å². The summed E-state index contributed by atoms with van der Waals surface area (Å²) in [6.45, 7) is 0. The Labute approximate surface area is 129 Å². The lowest BCUT2D eigenvalue weighted by Gasteiger charge is -2.15. The van der Waals surface area contributed by atoms with Gasteiger partial charge in [-0.05, 0) is 45.6 Å². The highest BCUT2D eigenvalue weighted by atomic mass is 79.9. The van der Waals surface area contributed by atoms with Gasteiger partial charge in [0.2, 0.25) is 0 Å². The lowest BCUT2D eigenvalue weighted by atomic mass is 9.99. The van der Waals surface area contributed by atoms with E-state index in [0.717, 1.165) is 10.0 Å². The summed E-state index contributed by atoms with van der Waals surface area (Å²) in [5, 5.41) is 0.655. The molecule has 2 rings (SSSR count). The first-order valence-electron chi connectivity index (χ1n) is 5.63. The highest BCUT2D eigenvalue weighted by Crippen LogP contribution is 2.31. The Bertz CT molecular complexity index is 604. The van der Waals surface area contributed by atoms with Crippen LogP contribution in [0.5, 0.6) is 0 Å². The lowest BCUT2D eigenvalue weighted by molar-refractivity contribution is 0.594. The minimum Gasteiger partial charge on any atom is -0.324 e. The van der Waals surface area contributed by atoms with Gasteiger partial charge in [0.05, 0.1) is 10.0 Å². The lowest BCUT2D eigenvalue weighted by Crippen LogP contribution is -2.15. The molecule has 0 aliphatic rings. The van der Waals surface area contributed by atoms with Crippen LogP contribution in [-0.2, 0) is 6.42 Å². The summed E-state index contributed by atoms with van der Waals surface area (Å²) in [6, 6.07) is 10.0. The maximum absolute atomic E-state index is 13.8. The van der Waals surface area contributed by atoms with Crippen LogP contribution in [0.25, 0.3) is 0 Å². The SMILES string of the molecule is NC(Cc1cccc(Cl)c1F)c1cccc(Br)c1Cl. The Kier molecular flexibility index (Phi) is 4.85. The van der Waals surface area contributed by atoms with Gasteiger partial charge >= 0.3 is 0 Å². The third-order valence-corrected chi connectivity index (χ3v) is 4.46. The molecule has 0 aliphatic heterocycles. The Balaban J connectivity index is 2.28. The van der Waals surface area contributed by atoms with Crippen molar-refractivity contribution < 1.29 is 4.39 Å². The molecule has 0 radical (unpaired) electrons. The maximum Gasteiger partial charge on any atom is 0.145 e. The zero-order valence-electron chi connectivity index (χ0n) is 9.84. The number of hydrogen-bond acceptors (Lipinski definition) is 1. The van der Waals surface area contributed by atoms with Crippen molar-refractivity contribution in [3.05, 3.63) is 67.9 Å². The molecule has 0 bridgehead atoms. The highest BCUT2D eigenvalue weighted by molar-refractivity contribution is 9.10. The first-order chi connectivity index (χ1) is 9.00. The number of nitrogens with two attached hydrogens (primary N) is 1. The van der Waals surface area contributed by atoms with Crippen LogP contribution in [0.1, 0.15) is 17.2 Å². The van der Waals surface area contributed by atoms with Crippen molar-refractivity contribution in [2.75, 3.05) is 0 Å². The maximum atomic E-state index is 13.8. The Morgan fingerprint density at radius 1 is 1.16 bits per heavy atom. The smallest absolute Gasteiger partial charge is 0.145 e. The van der Waals surface area contributed by atoms with E-state index in [-0.39, 0.29) is 5.02 Å². The van der Waals surface area contributed by atoms with Crippen LogP contribution >= 0.6 is 39.1 Å². The number of rotatable bonds is 3. The molecule has 0 saturated heterocycles. The number of benzene rings is 2. The molecule has 0 saturated carbocycles. The number of halogens is 4. The summed E-state index contributed by atoms with van der Waals surface area (Å²) in [7, 11) is 0. The summed E-state index contributed by atoms with van der Waals surface area (Å²) in [5.74, 6) is -0.425. The molecule has 0 aliphatic carbocycles. The van der Waals surface area contributed by atoms with Crippen LogP contribution in [-0.4, -0.2) is 0 Å². The van der Waals surface area contributed by atoms with E-state index >= 15 is 0 Å². The van der Waals surface area contributed by atoms with Crippen LogP contribution < -0.4 is 5.73 Å². The fourth-order valence-electron chi connectivity index (χ4n) is 1.86. The predicted molar refractivity (Wildman–Crippen MR) is 81.2 cm³/mol. The summed E-state index contributed by atoms with van der Waals surface area (Å²) in [5.41, 5.74) is 7.36. The largest absolute Gasteiger partial charge is 0.324 e. The van der Waals surface area contributed by atoms with Crippen LogP contribution in [0.2, 0.25) is 10.0 Å². The average molecular weight is 363 g/mol. The molecule has 0 amide bonds. The second-order valence-electron chi connectivity index (χ2n) is 4.17. The van der Waals surface area contributed by atoms with Crippen LogP contribution in [0.4, 0.5) is 4.39 Å². The van der Waals surface area contributed by atoms with Crippen molar-refractivity contribution in [2.24, 2.45) is 5.73 Å². The quantitative estimate of drug-likeness (QED) is 0.803. The van der Waals surface area contributed by atoms with Crippen LogP contribution in [0, 0.1) is 5.82 Å².